The number of rotatable bonds is 3. The number of anilines is 1. The van der Waals surface area contributed by atoms with Crippen LogP contribution in [0.15, 0.2) is 18.2 Å². The van der Waals surface area contributed by atoms with E-state index in [1.54, 1.807) is 6.07 Å². The Morgan fingerprint density at radius 1 is 1.56 bits per heavy atom. The number of hydrogen-bond acceptors (Lipinski definition) is 3. The highest BCUT2D eigenvalue weighted by Gasteiger charge is 2.07. The molecule has 1 amide bonds. The Morgan fingerprint density at radius 3 is 3.12 bits per heavy atom. The number of amides is 1. The number of halogens is 1. The Kier molecular flexibility index (Phi) is 3.41. The third kappa shape index (κ3) is 2.51. The van der Waals surface area contributed by atoms with Crippen molar-refractivity contribution in [1.82, 2.24) is 4.98 Å². The van der Waals surface area contributed by atoms with Gasteiger partial charge in [-0.15, -0.1) is 0 Å². The van der Waals surface area contributed by atoms with E-state index in [1.807, 2.05) is 19.1 Å². The molecule has 0 spiro atoms. The van der Waals surface area contributed by atoms with E-state index in [2.05, 4.69) is 10.3 Å². The summed E-state index contributed by atoms with van der Waals surface area (Å²) in [5, 5.41) is 4.09. The monoisotopic (exact) mass is 254 g/mol. The summed E-state index contributed by atoms with van der Waals surface area (Å²) in [5.41, 5.74) is 0.862. The summed E-state index contributed by atoms with van der Waals surface area (Å²) < 4.78 is 0.985. The van der Waals surface area contributed by atoms with Gasteiger partial charge in [0, 0.05) is 11.4 Å². The third-order valence-corrected chi connectivity index (χ3v) is 3.24. The van der Waals surface area contributed by atoms with Crippen molar-refractivity contribution in [2.45, 2.75) is 19.8 Å². The first-order chi connectivity index (χ1) is 7.69. The Labute approximate surface area is 102 Å². The zero-order valence-electron chi connectivity index (χ0n) is 8.79. The minimum atomic E-state index is 0.00709. The molecule has 1 N–H and O–H groups in total. The molecule has 1 heterocycles. The first-order valence-electron chi connectivity index (χ1n) is 5.05. The smallest absolute Gasteiger partial charge is 0.226 e. The largest absolute Gasteiger partial charge is 0.302 e. The van der Waals surface area contributed by atoms with Gasteiger partial charge >= 0.3 is 0 Å². The molecule has 5 heteroatoms. The number of carbonyl (C=O) groups excluding carboxylic acids is 1. The Hall–Kier alpha value is -1.13. The van der Waals surface area contributed by atoms with Crippen LogP contribution < -0.4 is 5.32 Å². The maximum absolute atomic E-state index is 11.4. The Bertz CT molecular complexity index is 524. The molecule has 3 nitrogen and oxygen atoms in total. The first kappa shape index (κ1) is 11.4. The molecule has 1 aromatic heterocycles. The molecule has 0 saturated carbocycles. The van der Waals surface area contributed by atoms with E-state index in [0.29, 0.717) is 16.6 Å². The lowest BCUT2D eigenvalue weighted by Crippen LogP contribution is -2.09. The lowest BCUT2D eigenvalue weighted by Gasteiger charge is -1.97. The summed E-state index contributed by atoms with van der Waals surface area (Å²) in [5.74, 6) is 0.00709. The fourth-order valence-corrected chi connectivity index (χ4v) is 2.52. The fraction of sp³-hybridized carbons (Fsp3) is 0.273. The van der Waals surface area contributed by atoms with Crippen LogP contribution >= 0.6 is 22.9 Å². The topological polar surface area (TPSA) is 42.0 Å². The van der Waals surface area contributed by atoms with Gasteiger partial charge in [0.15, 0.2) is 5.13 Å². The molecule has 0 fully saturated rings. The van der Waals surface area contributed by atoms with Crippen LogP contribution in [0.4, 0.5) is 5.13 Å². The number of nitrogens with zero attached hydrogens (tertiary/aromatic N) is 1. The number of fused-ring (bicyclic) bond motifs is 1. The highest BCUT2D eigenvalue weighted by Crippen LogP contribution is 2.28. The minimum Gasteiger partial charge on any atom is -0.302 e. The summed E-state index contributed by atoms with van der Waals surface area (Å²) in [6, 6.07) is 5.49. The van der Waals surface area contributed by atoms with Gasteiger partial charge < -0.3 is 5.32 Å². The summed E-state index contributed by atoms with van der Waals surface area (Å²) in [4.78, 5) is 15.7. The molecule has 2 aromatic rings. The first-order valence-corrected chi connectivity index (χ1v) is 6.24. The molecule has 2 rings (SSSR count). The highest BCUT2D eigenvalue weighted by molar-refractivity contribution is 7.22. The van der Waals surface area contributed by atoms with E-state index < -0.39 is 0 Å². The highest BCUT2D eigenvalue weighted by atomic mass is 35.5. The molecule has 0 aliphatic rings. The van der Waals surface area contributed by atoms with E-state index in [9.17, 15) is 4.79 Å². The van der Waals surface area contributed by atoms with Crippen LogP contribution in [0.2, 0.25) is 5.02 Å². The number of aromatic nitrogens is 1. The predicted octanol–water partition coefficient (Wildman–Crippen LogP) is 3.69. The van der Waals surface area contributed by atoms with E-state index in [-0.39, 0.29) is 5.91 Å². The number of carbonyl (C=O) groups is 1. The molecule has 0 unspecified atom stereocenters. The second kappa shape index (κ2) is 4.80. The maximum atomic E-state index is 11.4. The van der Waals surface area contributed by atoms with Gasteiger partial charge in [-0.2, -0.15) is 0 Å². The summed E-state index contributed by atoms with van der Waals surface area (Å²) >= 11 is 7.31. The van der Waals surface area contributed by atoms with Gasteiger partial charge in [0.1, 0.15) is 0 Å². The van der Waals surface area contributed by atoms with E-state index in [4.69, 9.17) is 11.6 Å². The van der Waals surface area contributed by atoms with Crippen molar-refractivity contribution in [2.24, 2.45) is 0 Å². The summed E-state index contributed by atoms with van der Waals surface area (Å²) in [6.07, 6.45) is 1.36. The zero-order valence-corrected chi connectivity index (χ0v) is 10.4. The van der Waals surface area contributed by atoms with Crippen molar-refractivity contribution in [3.63, 3.8) is 0 Å². The SMILES string of the molecule is CCCC(=O)Nc1nc2ccc(Cl)cc2s1. The van der Waals surface area contributed by atoms with Gasteiger partial charge in [0.05, 0.1) is 10.2 Å². The van der Waals surface area contributed by atoms with Crippen LogP contribution in [0.3, 0.4) is 0 Å². The quantitative estimate of drug-likeness (QED) is 0.908. The van der Waals surface area contributed by atoms with Crippen molar-refractivity contribution in [3.8, 4) is 0 Å². The second-order valence-corrected chi connectivity index (χ2v) is 4.90. The van der Waals surface area contributed by atoms with Crippen molar-refractivity contribution in [2.75, 3.05) is 5.32 Å². The minimum absolute atomic E-state index is 0.00709. The number of hydrogen-bond donors (Lipinski definition) is 1. The van der Waals surface area contributed by atoms with E-state index in [1.165, 1.54) is 11.3 Å². The fourth-order valence-electron chi connectivity index (χ4n) is 1.36. The average molecular weight is 255 g/mol. The van der Waals surface area contributed by atoms with Crippen molar-refractivity contribution in [1.29, 1.82) is 0 Å². The Morgan fingerprint density at radius 2 is 2.38 bits per heavy atom. The third-order valence-electron chi connectivity index (χ3n) is 2.07. The number of nitrogens with one attached hydrogen (secondary N) is 1. The van der Waals surface area contributed by atoms with Crippen molar-refractivity contribution < 1.29 is 4.79 Å². The molecule has 0 radical (unpaired) electrons. The molecular formula is C11H11ClN2OS. The Balaban J connectivity index is 2.23. The maximum Gasteiger partial charge on any atom is 0.226 e. The number of benzene rings is 1. The normalized spacial score (nSPS) is 10.6. The van der Waals surface area contributed by atoms with Gasteiger partial charge in [-0.25, -0.2) is 4.98 Å². The molecule has 0 bridgehead atoms. The standard InChI is InChI=1S/C11H11ClN2OS/c1-2-3-10(15)14-11-13-8-5-4-7(12)6-9(8)16-11/h4-6H,2-3H2,1H3,(H,13,14,15). The molecule has 84 valence electrons. The van der Waals surface area contributed by atoms with Crippen LogP contribution in [0.5, 0.6) is 0 Å². The van der Waals surface area contributed by atoms with Gasteiger partial charge in [-0.3, -0.25) is 4.79 Å². The van der Waals surface area contributed by atoms with Gasteiger partial charge in [0.2, 0.25) is 5.91 Å². The molecule has 0 atom stereocenters. The van der Waals surface area contributed by atoms with Crippen molar-refractivity contribution >= 4 is 44.2 Å². The van der Waals surface area contributed by atoms with Gasteiger partial charge in [-0.05, 0) is 24.6 Å². The van der Waals surface area contributed by atoms with Crippen LogP contribution in [-0.2, 0) is 4.79 Å². The lowest BCUT2D eigenvalue weighted by atomic mass is 10.3. The molecule has 0 saturated heterocycles. The van der Waals surface area contributed by atoms with Crippen LogP contribution in [0.25, 0.3) is 10.2 Å². The predicted molar refractivity (Wildman–Crippen MR) is 68.2 cm³/mol. The second-order valence-electron chi connectivity index (χ2n) is 3.43. The summed E-state index contributed by atoms with van der Waals surface area (Å²) in [7, 11) is 0. The van der Waals surface area contributed by atoms with Crippen LogP contribution in [-0.4, -0.2) is 10.9 Å². The molecule has 0 aliphatic carbocycles. The van der Waals surface area contributed by atoms with Crippen molar-refractivity contribution in [3.05, 3.63) is 23.2 Å². The van der Waals surface area contributed by atoms with Crippen LogP contribution in [0.1, 0.15) is 19.8 Å². The van der Waals surface area contributed by atoms with E-state index >= 15 is 0 Å². The van der Waals surface area contributed by atoms with E-state index in [0.717, 1.165) is 16.6 Å². The lowest BCUT2D eigenvalue weighted by molar-refractivity contribution is -0.116. The average Bonchev–Trinajstić information content (AvgIpc) is 2.59. The zero-order chi connectivity index (χ0) is 11.5. The summed E-state index contributed by atoms with van der Waals surface area (Å²) in [6.45, 7) is 1.97. The van der Waals surface area contributed by atoms with Crippen LogP contribution in [0, 0.1) is 0 Å². The number of thiazole rings is 1. The van der Waals surface area contributed by atoms with Gasteiger partial charge in [0.25, 0.3) is 0 Å². The molecule has 0 aliphatic heterocycles. The molecule has 16 heavy (non-hydrogen) atoms. The van der Waals surface area contributed by atoms with Gasteiger partial charge in [-0.1, -0.05) is 29.9 Å². The molecular weight excluding hydrogens is 244 g/mol. The molecule has 1 aromatic carbocycles.